The van der Waals surface area contributed by atoms with E-state index in [-0.39, 0.29) is 12.2 Å². The van der Waals surface area contributed by atoms with E-state index in [1.54, 1.807) is 28.8 Å². The lowest BCUT2D eigenvalue weighted by Gasteiger charge is -2.10. The van der Waals surface area contributed by atoms with Crippen LogP contribution in [0.1, 0.15) is 11.4 Å². The smallest absolute Gasteiger partial charge is 0.372 e. The Hall–Kier alpha value is -3.17. The predicted molar refractivity (Wildman–Crippen MR) is 78.4 cm³/mol. The fraction of sp³-hybridized carbons (Fsp3) is 0.143. The molecule has 0 aliphatic carbocycles. The zero-order valence-corrected chi connectivity index (χ0v) is 12.0. The van der Waals surface area contributed by atoms with Crippen LogP contribution in [0.15, 0.2) is 42.6 Å². The van der Waals surface area contributed by atoms with Crippen molar-refractivity contribution in [3.8, 4) is 0 Å². The summed E-state index contributed by atoms with van der Waals surface area (Å²) in [6, 6.07) is 7.60. The first-order valence-electron chi connectivity index (χ1n) is 6.74. The van der Waals surface area contributed by atoms with Gasteiger partial charge in [-0.1, -0.05) is 6.07 Å². The molecule has 0 fully saturated rings. The van der Waals surface area contributed by atoms with E-state index in [4.69, 9.17) is 0 Å². The molecule has 0 amide bonds. The topological polar surface area (TPSA) is 85.4 Å². The molecule has 0 unspecified atom stereocenters. The molecule has 0 atom stereocenters. The summed E-state index contributed by atoms with van der Waals surface area (Å²) in [6.45, 7) is 0.0668. The number of aromatic nitrogens is 3. The fourth-order valence-corrected chi connectivity index (χ4v) is 2.19. The Kier molecular flexibility index (Phi) is 3.80. The standard InChI is InChI=1S/C14H10F3N5O2/c15-14(16,17)9-4-5-10(11(7-9)22(23)24)18-8-13-20-19-12-3-1-2-6-21(12)13/h1-7,18H,8H2. The van der Waals surface area contributed by atoms with Crippen molar-refractivity contribution in [3.05, 3.63) is 64.1 Å². The van der Waals surface area contributed by atoms with Crippen LogP contribution < -0.4 is 5.32 Å². The van der Waals surface area contributed by atoms with Gasteiger partial charge in [0.05, 0.1) is 17.0 Å². The Balaban J connectivity index is 1.88. The van der Waals surface area contributed by atoms with E-state index in [9.17, 15) is 23.3 Å². The normalized spacial score (nSPS) is 11.6. The quantitative estimate of drug-likeness (QED) is 0.583. The minimum atomic E-state index is -4.65. The van der Waals surface area contributed by atoms with Crippen molar-refractivity contribution in [2.75, 3.05) is 5.32 Å². The van der Waals surface area contributed by atoms with Gasteiger partial charge in [-0.15, -0.1) is 10.2 Å². The van der Waals surface area contributed by atoms with E-state index in [0.29, 0.717) is 17.5 Å². The van der Waals surface area contributed by atoms with Gasteiger partial charge in [-0.2, -0.15) is 13.2 Å². The number of hydrogen-bond donors (Lipinski definition) is 1. The van der Waals surface area contributed by atoms with Crippen LogP contribution in [0.3, 0.4) is 0 Å². The number of nitrogens with one attached hydrogen (secondary N) is 1. The highest BCUT2D eigenvalue weighted by Gasteiger charge is 2.33. The third-order valence-electron chi connectivity index (χ3n) is 3.34. The van der Waals surface area contributed by atoms with Gasteiger partial charge in [0.15, 0.2) is 11.5 Å². The highest BCUT2D eigenvalue weighted by atomic mass is 19.4. The summed E-state index contributed by atoms with van der Waals surface area (Å²) in [5.41, 5.74) is -1.16. The molecule has 0 bridgehead atoms. The number of anilines is 1. The number of nitro groups is 1. The van der Waals surface area contributed by atoms with Gasteiger partial charge in [0.25, 0.3) is 5.69 Å². The Bertz CT molecular complexity index is 907. The summed E-state index contributed by atoms with van der Waals surface area (Å²) in [4.78, 5) is 10.2. The van der Waals surface area contributed by atoms with Crippen LogP contribution in [0.4, 0.5) is 24.5 Å². The molecule has 1 N–H and O–H groups in total. The van der Waals surface area contributed by atoms with Crippen LogP contribution >= 0.6 is 0 Å². The molecular formula is C14H10F3N5O2. The van der Waals surface area contributed by atoms with Crippen LogP contribution in [0.5, 0.6) is 0 Å². The molecule has 7 nitrogen and oxygen atoms in total. The van der Waals surface area contributed by atoms with Crippen molar-refractivity contribution in [1.29, 1.82) is 0 Å². The van der Waals surface area contributed by atoms with Gasteiger partial charge in [0, 0.05) is 12.3 Å². The SMILES string of the molecule is O=[N+]([O-])c1cc(C(F)(F)F)ccc1NCc1nnc2ccccn12. The number of nitro benzene ring substituents is 1. The van der Waals surface area contributed by atoms with Crippen molar-refractivity contribution in [1.82, 2.24) is 14.6 Å². The lowest BCUT2D eigenvalue weighted by atomic mass is 10.1. The third kappa shape index (κ3) is 2.98. The average Bonchev–Trinajstić information content (AvgIpc) is 2.95. The Morgan fingerprint density at radius 1 is 1.21 bits per heavy atom. The molecule has 124 valence electrons. The minimum absolute atomic E-state index is 0.0271. The van der Waals surface area contributed by atoms with Crippen LogP contribution in [0.2, 0.25) is 0 Å². The summed E-state index contributed by atoms with van der Waals surface area (Å²) >= 11 is 0. The van der Waals surface area contributed by atoms with E-state index in [1.165, 1.54) is 0 Å². The lowest BCUT2D eigenvalue weighted by Crippen LogP contribution is -2.09. The van der Waals surface area contributed by atoms with Gasteiger partial charge >= 0.3 is 6.18 Å². The maximum atomic E-state index is 12.7. The van der Waals surface area contributed by atoms with E-state index in [0.717, 1.165) is 12.1 Å². The molecule has 2 heterocycles. The largest absolute Gasteiger partial charge is 0.416 e. The first-order chi connectivity index (χ1) is 11.4. The summed E-state index contributed by atoms with van der Waals surface area (Å²) < 4.78 is 39.7. The van der Waals surface area contributed by atoms with Gasteiger partial charge in [0.1, 0.15) is 5.69 Å². The van der Waals surface area contributed by atoms with Crippen LogP contribution in [0.25, 0.3) is 5.65 Å². The monoisotopic (exact) mass is 337 g/mol. The lowest BCUT2D eigenvalue weighted by molar-refractivity contribution is -0.384. The first-order valence-corrected chi connectivity index (χ1v) is 6.74. The van der Waals surface area contributed by atoms with Crippen molar-refractivity contribution in [2.45, 2.75) is 12.7 Å². The number of fused-ring (bicyclic) bond motifs is 1. The third-order valence-corrected chi connectivity index (χ3v) is 3.34. The Morgan fingerprint density at radius 3 is 2.71 bits per heavy atom. The molecule has 10 heteroatoms. The van der Waals surface area contributed by atoms with Crippen molar-refractivity contribution in [2.24, 2.45) is 0 Å². The zero-order chi connectivity index (χ0) is 17.3. The molecule has 0 spiro atoms. The van der Waals surface area contributed by atoms with Gasteiger partial charge in [-0.05, 0) is 24.3 Å². The Morgan fingerprint density at radius 2 is 2.00 bits per heavy atom. The van der Waals surface area contributed by atoms with Gasteiger partial charge < -0.3 is 5.32 Å². The summed E-state index contributed by atoms with van der Waals surface area (Å²) in [6.07, 6.45) is -2.93. The predicted octanol–water partition coefficient (Wildman–Crippen LogP) is 3.27. The number of halogens is 3. The molecule has 0 aliphatic rings. The molecule has 3 rings (SSSR count). The fourth-order valence-electron chi connectivity index (χ4n) is 2.19. The molecule has 0 saturated carbocycles. The molecule has 0 saturated heterocycles. The molecule has 0 radical (unpaired) electrons. The zero-order valence-electron chi connectivity index (χ0n) is 12.0. The van der Waals surface area contributed by atoms with Gasteiger partial charge in [-0.3, -0.25) is 14.5 Å². The summed E-state index contributed by atoms with van der Waals surface area (Å²) in [5.74, 6) is 0.472. The number of rotatable bonds is 4. The van der Waals surface area contributed by atoms with E-state index in [1.807, 2.05) is 0 Å². The first kappa shape index (κ1) is 15.7. The van der Waals surface area contributed by atoms with E-state index >= 15 is 0 Å². The van der Waals surface area contributed by atoms with Crippen molar-refractivity contribution in [3.63, 3.8) is 0 Å². The number of benzene rings is 1. The molecule has 0 aliphatic heterocycles. The maximum absolute atomic E-state index is 12.7. The van der Waals surface area contributed by atoms with Crippen LogP contribution in [-0.2, 0) is 12.7 Å². The second-order valence-electron chi connectivity index (χ2n) is 4.89. The van der Waals surface area contributed by atoms with Crippen molar-refractivity contribution >= 4 is 17.0 Å². The highest BCUT2D eigenvalue weighted by Crippen LogP contribution is 2.35. The van der Waals surface area contributed by atoms with Crippen molar-refractivity contribution < 1.29 is 18.1 Å². The minimum Gasteiger partial charge on any atom is -0.372 e. The second kappa shape index (κ2) is 5.80. The number of hydrogen-bond acceptors (Lipinski definition) is 5. The molecule has 24 heavy (non-hydrogen) atoms. The maximum Gasteiger partial charge on any atom is 0.416 e. The second-order valence-corrected chi connectivity index (χ2v) is 4.89. The number of nitrogens with zero attached hydrogens (tertiary/aromatic N) is 4. The Labute approximate surface area is 132 Å². The van der Waals surface area contributed by atoms with Crippen LogP contribution in [-0.4, -0.2) is 19.5 Å². The van der Waals surface area contributed by atoms with Gasteiger partial charge in [0.2, 0.25) is 0 Å². The average molecular weight is 337 g/mol. The molecule has 2 aromatic heterocycles. The number of alkyl halides is 3. The summed E-state index contributed by atoms with van der Waals surface area (Å²) in [5, 5.41) is 21.6. The van der Waals surface area contributed by atoms with E-state index < -0.39 is 22.4 Å². The molecule has 3 aromatic rings. The number of pyridine rings is 1. The van der Waals surface area contributed by atoms with Gasteiger partial charge in [-0.25, -0.2) is 0 Å². The van der Waals surface area contributed by atoms with Crippen LogP contribution in [0, 0.1) is 10.1 Å². The highest BCUT2D eigenvalue weighted by molar-refractivity contribution is 5.63. The molecule has 1 aromatic carbocycles. The van der Waals surface area contributed by atoms with E-state index in [2.05, 4.69) is 15.5 Å². The molecular weight excluding hydrogens is 327 g/mol. The summed E-state index contributed by atoms with van der Waals surface area (Å²) in [7, 11) is 0.